The van der Waals surface area contributed by atoms with Crippen LogP contribution in [0, 0.1) is 0 Å². The summed E-state index contributed by atoms with van der Waals surface area (Å²) in [7, 11) is 0. The van der Waals surface area contributed by atoms with Crippen LogP contribution >= 0.6 is 0 Å². The van der Waals surface area contributed by atoms with Gasteiger partial charge in [0.05, 0.1) is 12.7 Å². The summed E-state index contributed by atoms with van der Waals surface area (Å²) in [5.41, 5.74) is 3.12. The second-order valence-electron chi connectivity index (χ2n) is 7.73. The highest BCUT2D eigenvalue weighted by molar-refractivity contribution is 5.94. The summed E-state index contributed by atoms with van der Waals surface area (Å²) in [4.78, 5) is 23.4. The third-order valence-electron chi connectivity index (χ3n) is 4.82. The lowest BCUT2D eigenvalue weighted by Crippen LogP contribution is -2.25. The van der Waals surface area contributed by atoms with Crippen LogP contribution in [0.3, 0.4) is 0 Å². The number of hydrogen-bond acceptors (Lipinski definition) is 4. The van der Waals surface area contributed by atoms with E-state index in [-0.39, 0.29) is 17.9 Å². The summed E-state index contributed by atoms with van der Waals surface area (Å²) in [5, 5.41) is 5.81. The number of nitrogens with one attached hydrogen (secondary N) is 2. The molecule has 2 aromatic carbocycles. The predicted molar refractivity (Wildman–Crippen MR) is 117 cm³/mol. The number of anilines is 1. The van der Waals surface area contributed by atoms with Crippen LogP contribution in [0.2, 0.25) is 0 Å². The second-order valence-corrected chi connectivity index (χ2v) is 7.73. The quantitative estimate of drug-likeness (QED) is 0.583. The maximum atomic E-state index is 12.0. The van der Waals surface area contributed by atoms with E-state index in [0.717, 1.165) is 35.6 Å². The predicted octanol–water partition coefficient (Wildman–Crippen LogP) is 3.88. The first kappa shape index (κ1) is 21.7. The monoisotopic (exact) mass is 410 g/mol. The van der Waals surface area contributed by atoms with Gasteiger partial charge < -0.3 is 20.1 Å². The molecular weight excluding hydrogens is 380 g/mol. The molecular formula is C24H30N2O4. The maximum absolute atomic E-state index is 12.0. The minimum absolute atomic E-state index is 0.0338. The summed E-state index contributed by atoms with van der Waals surface area (Å²) >= 11 is 0. The summed E-state index contributed by atoms with van der Waals surface area (Å²) in [6.45, 7) is 5.10. The molecule has 6 heteroatoms. The van der Waals surface area contributed by atoms with Crippen LogP contribution in [-0.2, 0) is 22.4 Å². The van der Waals surface area contributed by atoms with Gasteiger partial charge in [-0.25, -0.2) is 0 Å². The fraction of sp³-hybridized carbons (Fsp3) is 0.417. The minimum atomic E-state index is 0.0338. The Morgan fingerprint density at radius 3 is 2.63 bits per heavy atom. The van der Waals surface area contributed by atoms with Gasteiger partial charge in [-0.3, -0.25) is 9.59 Å². The third-order valence-corrected chi connectivity index (χ3v) is 4.82. The van der Waals surface area contributed by atoms with Crippen molar-refractivity contribution in [1.82, 2.24) is 5.32 Å². The van der Waals surface area contributed by atoms with Crippen molar-refractivity contribution in [3.05, 3.63) is 53.6 Å². The SMILES string of the molecule is CC(C)Oc1ccc(CCNC(=O)CCCOc2ccc3c(c2)CCC(=O)N3)cc1. The van der Waals surface area contributed by atoms with Crippen molar-refractivity contribution in [1.29, 1.82) is 0 Å². The molecule has 1 heterocycles. The first-order chi connectivity index (χ1) is 14.5. The van der Waals surface area contributed by atoms with Crippen LogP contribution in [0.15, 0.2) is 42.5 Å². The molecule has 160 valence electrons. The van der Waals surface area contributed by atoms with Gasteiger partial charge >= 0.3 is 0 Å². The van der Waals surface area contributed by atoms with E-state index in [1.54, 1.807) is 0 Å². The normalized spacial score (nSPS) is 12.8. The number of fused-ring (bicyclic) bond motifs is 1. The number of rotatable bonds is 10. The largest absolute Gasteiger partial charge is 0.494 e. The summed E-state index contributed by atoms with van der Waals surface area (Å²) in [6, 6.07) is 13.7. The van der Waals surface area contributed by atoms with Crippen molar-refractivity contribution in [2.45, 2.75) is 52.1 Å². The Morgan fingerprint density at radius 1 is 1.10 bits per heavy atom. The van der Waals surface area contributed by atoms with Gasteiger partial charge in [0, 0.05) is 25.1 Å². The van der Waals surface area contributed by atoms with Crippen LogP contribution in [0.1, 0.15) is 44.2 Å². The summed E-state index contributed by atoms with van der Waals surface area (Å²) in [6.07, 6.45) is 3.27. The lowest BCUT2D eigenvalue weighted by molar-refractivity contribution is -0.121. The summed E-state index contributed by atoms with van der Waals surface area (Å²) in [5.74, 6) is 1.72. The minimum Gasteiger partial charge on any atom is -0.494 e. The van der Waals surface area contributed by atoms with Crippen molar-refractivity contribution in [3.63, 3.8) is 0 Å². The van der Waals surface area contributed by atoms with Crippen molar-refractivity contribution < 1.29 is 19.1 Å². The zero-order valence-corrected chi connectivity index (χ0v) is 17.7. The van der Waals surface area contributed by atoms with Gasteiger partial charge in [-0.05, 0) is 74.6 Å². The second kappa shape index (κ2) is 10.7. The number of hydrogen-bond donors (Lipinski definition) is 2. The Bertz CT molecular complexity index is 862. The van der Waals surface area contributed by atoms with Gasteiger partial charge in [0.1, 0.15) is 11.5 Å². The molecule has 30 heavy (non-hydrogen) atoms. The first-order valence-corrected chi connectivity index (χ1v) is 10.6. The van der Waals surface area contributed by atoms with Crippen molar-refractivity contribution >= 4 is 17.5 Å². The Labute approximate surface area is 178 Å². The molecule has 0 unspecified atom stereocenters. The van der Waals surface area contributed by atoms with Gasteiger partial charge in [-0.15, -0.1) is 0 Å². The fourth-order valence-corrected chi connectivity index (χ4v) is 3.31. The van der Waals surface area contributed by atoms with Gasteiger partial charge in [-0.1, -0.05) is 12.1 Å². The van der Waals surface area contributed by atoms with E-state index in [4.69, 9.17) is 9.47 Å². The highest BCUT2D eigenvalue weighted by atomic mass is 16.5. The smallest absolute Gasteiger partial charge is 0.224 e. The molecule has 1 aliphatic heterocycles. The maximum Gasteiger partial charge on any atom is 0.224 e. The Kier molecular flexibility index (Phi) is 7.71. The van der Waals surface area contributed by atoms with E-state index in [1.807, 2.05) is 56.3 Å². The molecule has 0 fully saturated rings. The van der Waals surface area contributed by atoms with Gasteiger partial charge in [-0.2, -0.15) is 0 Å². The number of aryl methyl sites for hydroxylation is 1. The van der Waals surface area contributed by atoms with E-state index < -0.39 is 0 Å². The van der Waals surface area contributed by atoms with E-state index in [2.05, 4.69) is 10.6 Å². The van der Waals surface area contributed by atoms with Crippen molar-refractivity contribution in [3.8, 4) is 11.5 Å². The Balaban J connectivity index is 1.30. The van der Waals surface area contributed by atoms with Crippen molar-refractivity contribution in [2.24, 2.45) is 0 Å². The molecule has 2 N–H and O–H groups in total. The van der Waals surface area contributed by atoms with E-state index in [0.29, 0.717) is 32.4 Å². The molecule has 0 spiro atoms. The molecule has 0 saturated heterocycles. The third kappa shape index (κ3) is 6.79. The standard InChI is InChI=1S/C24H30N2O4/c1-17(2)30-20-8-5-18(6-9-20)13-14-25-23(27)4-3-15-29-21-10-11-22-19(16-21)7-12-24(28)26-22/h5-6,8-11,16-17H,3-4,7,12-15H2,1-2H3,(H,25,27)(H,26,28). The molecule has 0 bridgehead atoms. The molecule has 0 radical (unpaired) electrons. The molecule has 6 nitrogen and oxygen atoms in total. The van der Waals surface area contributed by atoms with Crippen LogP contribution in [0.25, 0.3) is 0 Å². The fourth-order valence-electron chi connectivity index (χ4n) is 3.31. The average molecular weight is 411 g/mol. The molecule has 2 aromatic rings. The van der Waals surface area contributed by atoms with Gasteiger partial charge in [0.15, 0.2) is 0 Å². The molecule has 3 rings (SSSR count). The Hall–Kier alpha value is -3.02. The summed E-state index contributed by atoms with van der Waals surface area (Å²) < 4.78 is 11.4. The van der Waals surface area contributed by atoms with E-state index in [1.165, 1.54) is 5.56 Å². The van der Waals surface area contributed by atoms with Crippen LogP contribution in [-0.4, -0.2) is 31.1 Å². The molecule has 2 amide bonds. The van der Waals surface area contributed by atoms with Crippen LogP contribution in [0.4, 0.5) is 5.69 Å². The van der Waals surface area contributed by atoms with Gasteiger partial charge in [0.25, 0.3) is 0 Å². The van der Waals surface area contributed by atoms with Crippen molar-refractivity contribution in [2.75, 3.05) is 18.5 Å². The number of ether oxygens (including phenoxy) is 2. The highest BCUT2D eigenvalue weighted by Gasteiger charge is 2.15. The van der Waals surface area contributed by atoms with E-state index in [9.17, 15) is 9.59 Å². The molecule has 0 atom stereocenters. The number of benzene rings is 2. The topological polar surface area (TPSA) is 76.7 Å². The van der Waals surface area contributed by atoms with Crippen LogP contribution in [0.5, 0.6) is 11.5 Å². The van der Waals surface area contributed by atoms with E-state index >= 15 is 0 Å². The molecule has 0 saturated carbocycles. The zero-order valence-electron chi connectivity index (χ0n) is 17.7. The van der Waals surface area contributed by atoms with Gasteiger partial charge in [0.2, 0.25) is 11.8 Å². The number of carbonyl (C=O) groups is 2. The highest BCUT2D eigenvalue weighted by Crippen LogP contribution is 2.26. The first-order valence-electron chi connectivity index (χ1n) is 10.6. The molecule has 1 aliphatic rings. The number of amides is 2. The molecule has 0 aliphatic carbocycles. The average Bonchev–Trinajstić information content (AvgIpc) is 2.72. The van der Waals surface area contributed by atoms with Crippen LogP contribution < -0.4 is 20.1 Å². The zero-order chi connectivity index (χ0) is 21.3. The molecule has 0 aromatic heterocycles. The lowest BCUT2D eigenvalue weighted by Gasteiger charge is -2.17. The number of carbonyl (C=O) groups excluding carboxylic acids is 2. The lowest BCUT2D eigenvalue weighted by atomic mass is 10.0. The Morgan fingerprint density at radius 2 is 1.87 bits per heavy atom.